The second kappa shape index (κ2) is 4.37. The molecule has 2 aromatic rings. The SMILES string of the molecule is CCOC(=O)[C@@]1(C)C[C@@H]1c1cccc2ccccc12. The molecule has 0 saturated heterocycles. The largest absolute Gasteiger partial charge is 0.466 e. The van der Waals surface area contributed by atoms with E-state index in [1.54, 1.807) is 0 Å². The van der Waals surface area contributed by atoms with E-state index < -0.39 is 0 Å². The van der Waals surface area contributed by atoms with Crippen LogP contribution in [0.3, 0.4) is 0 Å². The Morgan fingerprint density at radius 2 is 2.00 bits per heavy atom. The summed E-state index contributed by atoms with van der Waals surface area (Å²) in [4.78, 5) is 12.0. The fourth-order valence-corrected chi connectivity index (χ4v) is 2.89. The maximum absolute atomic E-state index is 12.0. The molecule has 3 rings (SSSR count). The highest BCUT2D eigenvalue weighted by Gasteiger charge is 2.58. The van der Waals surface area contributed by atoms with Gasteiger partial charge >= 0.3 is 5.97 Å². The topological polar surface area (TPSA) is 26.3 Å². The van der Waals surface area contributed by atoms with E-state index in [2.05, 4.69) is 36.4 Å². The van der Waals surface area contributed by atoms with Gasteiger partial charge < -0.3 is 4.74 Å². The Morgan fingerprint density at radius 3 is 2.79 bits per heavy atom. The van der Waals surface area contributed by atoms with Gasteiger partial charge in [-0.25, -0.2) is 0 Å². The molecule has 1 fully saturated rings. The lowest BCUT2D eigenvalue weighted by Gasteiger charge is -2.12. The zero-order chi connectivity index (χ0) is 13.5. The van der Waals surface area contributed by atoms with Crippen molar-refractivity contribution in [1.29, 1.82) is 0 Å². The molecule has 19 heavy (non-hydrogen) atoms. The number of esters is 1. The molecule has 0 aliphatic heterocycles. The van der Waals surface area contributed by atoms with Crippen LogP contribution in [-0.2, 0) is 9.53 Å². The van der Waals surface area contributed by atoms with Gasteiger partial charge in [-0.1, -0.05) is 42.5 Å². The second-order valence-electron chi connectivity index (χ2n) is 5.46. The van der Waals surface area contributed by atoms with E-state index in [0.717, 1.165) is 6.42 Å². The molecule has 2 nitrogen and oxygen atoms in total. The molecular weight excluding hydrogens is 236 g/mol. The first kappa shape index (κ1) is 12.2. The summed E-state index contributed by atoms with van der Waals surface area (Å²) in [5, 5.41) is 2.49. The van der Waals surface area contributed by atoms with Crippen molar-refractivity contribution >= 4 is 16.7 Å². The molecule has 98 valence electrons. The predicted molar refractivity (Wildman–Crippen MR) is 76.0 cm³/mol. The third kappa shape index (κ3) is 1.92. The van der Waals surface area contributed by atoms with Crippen LogP contribution in [0.25, 0.3) is 10.8 Å². The van der Waals surface area contributed by atoms with Crippen molar-refractivity contribution in [2.45, 2.75) is 26.2 Å². The Bertz CT molecular complexity index is 627. The molecule has 1 aliphatic rings. The first-order valence-electron chi connectivity index (χ1n) is 6.81. The van der Waals surface area contributed by atoms with Crippen molar-refractivity contribution < 1.29 is 9.53 Å². The van der Waals surface area contributed by atoms with Crippen LogP contribution in [0.1, 0.15) is 31.7 Å². The van der Waals surface area contributed by atoms with Crippen LogP contribution in [-0.4, -0.2) is 12.6 Å². The highest BCUT2D eigenvalue weighted by atomic mass is 16.5. The first-order valence-corrected chi connectivity index (χ1v) is 6.81. The molecule has 1 aliphatic carbocycles. The molecule has 0 N–H and O–H groups in total. The van der Waals surface area contributed by atoms with E-state index in [1.807, 2.05) is 19.9 Å². The Labute approximate surface area is 113 Å². The summed E-state index contributed by atoms with van der Waals surface area (Å²) in [5.41, 5.74) is 0.939. The average molecular weight is 254 g/mol. The lowest BCUT2D eigenvalue weighted by Crippen LogP contribution is -2.17. The van der Waals surface area contributed by atoms with Crippen LogP contribution in [0, 0.1) is 5.41 Å². The van der Waals surface area contributed by atoms with Crippen molar-refractivity contribution in [3.8, 4) is 0 Å². The van der Waals surface area contributed by atoms with Gasteiger partial charge in [-0.3, -0.25) is 4.79 Å². The zero-order valence-electron chi connectivity index (χ0n) is 11.3. The normalized spacial score (nSPS) is 25.3. The quantitative estimate of drug-likeness (QED) is 0.777. The fourth-order valence-electron chi connectivity index (χ4n) is 2.89. The minimum atomic E-state index is -0.333. The van der Waals surface area contributed by atoms with E-state index in [4.69, 9.17) is 4.74 Å². The lowest BCUT2D eigenvalue weighted by molar-refractivity contribution is -0.149. The van der Waals surface area contributed by atoms with Gasteiger partial charge in [0.2, 0.25) is 0 Å². The summed E-state index contributed by atoms with van der Waals surface area (Å²) >= 11 is 0. The summed E-state index contributed by atoms with van der Waals surface area (Å²) in [6.45, 7) is 4.32. The monoisotopic (exact) mass is 254 g/mol. The minimum absolute atomic E-state index is 0.0621. The van der Waals surface area contributed by atoms with Crippen LogP contribution in [0.2, 0.25) is 0 Å². The number of fused-ring (bicyclic) bond motifs is 1. The Balaban J connectivity index is 1.97. The van der Waals surface area contributed by atoms with Gasteiger partial charge in [0.25, 0.3) is 0 Å². The van der Waals surface area contributed by atoms with E-state index >= 15 is 0 Å². The highest BCUT2D eigenvalue weighted by molar-refractivity contribution is 5.89. The van der Waals surface area contributed by atoms with Crippen molar-refractivity contribution in [2.75, 3.05) is 6.61 Å². The molecule has 2 heteroatoms. The number of benzene rings is 2. The molecule has 0 amide bonds. The van der Waals surface area contributed by atoms with Crippen LogP contribution < -0.4 is 0 Å². The molecule has 0 unspecified atom stereocenters. The number of carbonyl (C=O) groups excluding carboxylic acids is 1. The molecule has 0 spiro atoms. The van der Waals surface area contributed by atoms with Crippen molar-refractivity contribution in [3.05, 3.63) is 48.0 Å². The number of ether oxygens (including phenoxy) is 1. The van der Waals surface area contributed by atoms with Gasteiger partial charge in [-0.15, -0.1) is 0 Å². The summed E-state index contributed by atoms with van der Waals surface area (Å²) in [7, 11) is 0. The third-order valence-electron chi connectivity index (χ3n) is 4.18. The van der Waals surface area contributed by atoms with Gasteiger partial charge in [0, 0.05) is 5.92 Å². The number of hydrogen-bond acceptors (Lipinski definition) is 2. The van der Waals surface area contributed by atoms with Gasteiger partial charge in [-0.2, -0.15) is 0 Å². The first-order chi connectivity index (χ1) is 9.16. The summed E-state index contributed by atoms with van der Waals surface area (Å²) in [6.07, 6.45) is 0.889. The van der Waals surface area contributed by atoms with Crippen LogP contribution in [0.5, 0.6) is 0 Å². The molecule has 2 aromatic carbocycles. The maximum Gasteiger partial charge on any atom is 0.312 e. The van der Waals surface area contributed by atoms with E-state index in [9.17, 15) is 4.79 Å². The van der Waals surface area contributed by atoms with E-state index in [1.165, 1.54) is 16.3 Å². The molecule has 0 radical (unpaired) electrons. The summed E-state index contributed by atoms with van der Waals surface area (Å²) < 4.78 is 5.19. The van der Waals surface area contributed by atoms with Crippen LogP contribution >= 0.6 is 0 Å². The molecule has 1 saturated carbocycles. The van der Waals surface area contributed by atoms with Crippen LogP contribution in [0.4, 0.5) is 0 Å². The lowest BCUT2D eigenvalue weighted by atomic mass is 9.96. The second-order valence-corrected chi connectivity index (χ2v) is 5.46. The van der Waals surface area contributed by atoms with Gasteiger partial charge in [0.05, 0.1) is 12.0 Å². The van der Waals surface area contributed by atoms with Gasteiger partial charge in [0.15, 0.2) is 0 Å². The highest BCUT2D eigenvalue weighted by Crippen LogP contribution is 2.60. The molecule has 0 aromatic heterocycles. The Kier molecular flexibility index (Phi) is 2.81. The summed E-state index contributed by atoms with van der Waals surface area (Å²) in [6, 6.07) is 14.7. The number of rotatable bonds is 3. The van der Waals surface area contributed by atoms with Gasteiger partial charge in [0.1, 0.15) is 0 Å². The Hall–Kier alpha value is -1.83. The maximum atomic E-state index is 12.0. The molecule has 0 bridgehead atoms. The predicted octanol–water partition coefficient (Wildman–Crippen LogP) is 3.90. The third-order valence-corrected chi connectivity index (χ3v) is 4.18. The zero-order valence-corrected chi connectivity index (χ0v) is 11.3. The van der Waals surface area contributed by atoms with E-state index in [0.29, 0.717) is 6.61 Å². The fraction of sp³-hybridized carbons (Fsp3) is 0.353. The smallest absolute Gasteiger partial charge is 0.312 e. The molecule has 2 atom stereocenters. The van der Waals surface area contributed by atoms with Crippen molar-refractivity contribution in [3.63, 3.8) is 0 Å². The standard InChI is InChI=1S/C17H18O2/c1-3-19-16(18)17(2)11-15(17)14-10-6-8-12-7-4-5-9-13(12)14/h4-10,15H,3,11H2,1-2H3/t15-,17+/m1/s1. The summed E-state index contributed by atoms with van der Waals surface area (Å²) in [5.74, 6) is 0.227. The molecule has 0 heterocycles. The minimum Gasteiger partial charge on any atom is -0.466 e. The van der Waals surface area contributed by atoms with E-state index in [-0.39, 0.29) is 17.3 Å². The Morgan fingerprint density at radius 1 is 1.26 bits per heavy atom. The van der Waals surface area contributed by atoms with Crippen molar-refractivity contribution in [1.82, 2.24) is 0 Å². The van der Waals surface area contributed by atoms with Gasteiger partial charge in [-0.05, 0) is 36.6 Å². The number of hydrogen-bond donors (Lipinski definition) is 0. The molecular formula is C17H18O2. The van der Waals surface area contributed by atoms with Crippen molar-refractivity contribution in [2.24, 2.45) is 5.41 Å². The number of carbonyl (C=O) groups is 1. The average Bonchev–Trinajstić information content (AvgIpc) is 3.12. The van der Waals surface area contributed by atoms with Crippen LogP contribution in [0.15, 0.2) is 42.5 Å².